The van der Waals surface area contributed by atoms with Crippen molar-refractivity contribution < 1.29 is 19.4 Å². The van der Waals surface area contributed by atoms with Gasteiger partial charge in [-0.3, -0.25) is 9.69 Å². The zero-order valence-corrected chi connectivity index (χ0v) is 27.7. The molecule has 3 aromatic rings. The molecule has 1 unspecified atom stereocenters. The Morgan fingerprint density at radius 2 is 1.89 bits per heavy atom. The largest absolute Gasteiger partial charge is 0.488 e. The van der Waals surface area contributed by atoms with Crippen molar-refractivity contribution in [3.63, 3.8) is 0 Å². The summed E-state index contributed by atoms with van der Waals surface area (Å²) in [4.78, 5) is 26.0. The highest BCUT2D eigenvalue weighted by Gasteiger charge is 2.35. The number of piperidine rings is 1. The first-order valence-electron chi connectivity index (χ1n) is 16.8. The van der Waals surface area contributed by atoms with E-state index in [1.165, 1.54) is 41.5 Å². The standard InChI is InChI=1S/C37H50N4O4/c1-6-10-29(7-2)40-20-16-27-13-14-28(26(5)30(27)17-21-40)24-45-35-25(4)11-9-12-31(35)33-15-19-38-37(39-33)41-22-18-32(36(42)43)34(23-41)44-8-3/h9,11-15,19,29,32,34H,6-8,10,16-18,20-24H2,1-5H3,(H,42,43)/t29?,32-,34+/m1/s1. The van der Waals surface area contributed by atoms with Crippen molar-refractivity contribution in [2.24, 2.45) is 5.92 Å². The van der Waals surface area contributed by atoms with Crippen molar-refractivity contribution in [2.45, 2.75) is 91.9 Å². The second-order valence-corrected chi connectivity index (χ2v) is 12.5. The van der Waals surface area contributed by atoms with E-state index in [0.29, 0.717) is 44.7 Å². The Balaban J connectivity index is 1.33. The normalized spacial score (nSPS) is 19.5. The molecular formula is C37H50N4O4. The Kier molecular flexibility index (Phi) is 11.1. The van der Waals surface area contributed by atoms with Crippen LogP contribution in [0.25, 0.3) is 11.3 Å². The average molecular weight is 615 g/mol. The summed E-state index contributed by atoms with van der Waals surface area (Å²) in [6.07, 6.45) is 7.77. The maximum Gasteiger partial charge on any atom is 0.309 e. The molecule has 5 rings (SSSR count). The number of ether oxygens (including phenoxy) is 2. The van der Waals surface area contributed by atoms with E-state index in [4.69, 9.17) is 14.5 Å². The molecule has 2 aliphatic heterocycles. The van der Waals surface area contributed by atoms with Gasteiger partial charge >= 0.3 is 5.97 Å². The minimum atomic E-state index is -0.812. The van der Waals surface area contributed by atoms with Crippen LogP contribution >= 0.6 is 0 Å². The van der Waals surface area contributed by atoms with E-state index in [2.05, 4.69) is 55.8 Å². The Hall–Kier alpha value is -3.49. The van der Waals surface area contributed by atoms with E-state index < -0.39 is 18.0 Å². The zero-order valence-electron chi connectivity index (χ0n) is 27.7. The summed E-state index contributed by atoms with van der Waals surface area (Å²) in [6, 6.07) is 13.3. The van der Waals surface area contributed by atoms with Gasteiger partial charge in [-0.25, -0.2) is 9.97 Å². The van der Waals surface area contributed by atoms with Crippen LogP contribution in [0.4, 0.5) is 5.95 Å². The summed E-state index contributed by atoms with van der Waals surface area (Å²) in [6.45, 7) is 15.1. The van der Waals surface area contributed by atoms with Crippen LogP contribution < -0.4 is 9.64 Å². The monoisotopic (exact) mass is 614 g/mol. The van der Waals surface area contributed by atoms with Gasteiger partial charge in [-0.15, -0.1) is 0 Å². The third-order valence-electron chi connectivity index (χ3n) is 9.78. The molecule has 3 atom stereocenters. The number of nitrogens with zero attached hydrogens (tertiary/aromatic N) is 4. The number of aromatic nitrogens is 2. The van der Waals surface area contributed by atoms with Crippen LogP contribution in [0.5, 0.6) is 5.75 Å². The summed E-state index contributed by atoms with van der Waals surface area (Å²) in [5, 5.41) is 9.67. The quantitative estimate of drug-likeness (QED) is 0.243. The summed E-state index contributed by atoms with van der Waals surface area (Å²) in [5.74, 6) is 0.0668. The van der Waals surface area contributed by atoms with Crippen LogP contribution in [0.3, 0.4) is 0 Å². The lowest BCUT2D eigenvalue weighted by atomic mass is 9.94. The molecule has 8 nitrogen and oxygen atoms in total. The number of aliphatic carboxylic acids is 1. The number of fused-ring (bicyclic) bond motifs is 1. The van der Waals surface area contributed by atoms with Crippen molar-refractivity contribution in [1.82, 2.24) is 14.9 Å². The van der Waals surface area contributed by atoms with Gasteiger partial charge in [0.2, 0.25) is 5.95 Å². The van der Waals surface area contributed by atoms with E-state index in [1.54, 1.807) is 6.20 Å². The van der Waals surface area contributed by atoms with Gasteiger partial charge in [0.1, 0.15) is 12.4 Å². The van der Waals surface area contributed by atoms with E-state index in [9.17, 15) is 9.90 Å². The highest BCUT2D eigenvalue weighted by molar-refractivity contribution is 5.72. The fourth-order valence-electron chi connectivity index (χ4n) is 7.18. The van der Waals surface area contributed by atoms with Gasteiger partial charge in [-0.2, -0.15) is 0 Å². The summed E-state index contributed by atoms with van der Waals surface area (Å²) >= 11 is 0. The fraction of sp³-hybridized carbons (Fsp3) is 0.541. The third kappa shape index (κ3) is 7.50. The number of anilines is 1. The topological polar surface area (TPSA) is 88.0 Å². The van der Waals surface area contributed by atoms with Gasteiger partial charge < -0.3 is 19.5 Å². The summed E-state index contributed by atoms with van der Waals surface area (Å²) < 4.78 is 12.4. The Bertz CT molecular complexity index is 1460. The maximum absolute atomic E-state index is 11.8. The molecule has 45 heavy (non-hydrogen) atoms. The van der Waals surface area contributed by atoms with Crippen LogP contribution in [-0.4, -0.2) is 70.9 Å². The number of benzene rings is 2. The molecule has 0 radical (unpaired) electrons. The first-order chi connectivity index (χ1) is 21.8. The van der Waals surface area contributed by atoms with E-state index in [-0.39, 0.29) is 0 Å². The molecule has 3 heterocycles. The van der Waals surface area contributed by atoms with Crippen molar-refractivity contribution >= 4 is 11.9 Å². The predicted octanol–water partition coefficient (Wildman–Crippen LogP) is 6.63. The highest BCUT2D eigenvalue weighted by atomic mass is 16.5. The van der Waals surface area contributed by atoms with Gasteiger partial charge in [0.25, 0.3) is 0 Å². The summed E-state index contributed by atoms with van der Waals surface area (Å²) in [7, 11) is 0. The Morgan fingerprint density at radius 1 is 1.07 bits per heavy atom. The smallest absolute Gasteiger partial charge is 0.309 e. The second kappa shape index (κ2) is 15.2. The Labute approximate surface area is 268 Å². The average Bonchev–Trinajstić information content (AvgIpc) is 3.27. The number of hydrogen-bond acceptors (Lipinski definition) is 7. The second-order valence-electron chi connectivity index (χ2n) is 12.5. The van der Waals surface area contributed by atoms with Crippen LogP contribution in [-0.2, 0) is 29.0 Å². The van der Waals surface area contributed by atoms with Crippen LogP contribution in [0.1, 0.15) is 74.3 Å². The molecule has 0 bridgehead atoms. The molecule has 1 N–H and O–H groups in total. The van der Waals surface area contributed by atoms with E-state index in [1.807, 2.05) is 30.0 Å². The van der Waals surface area contributed by atoms with Crippen molar-refractivity contribution in [2.75, 3.05) is 37.7 Å². The highest BCUT2D eigenvalue weighted by Crippen LogP contribution is 2.34. The minimum Gasteiger partial charge on any atom is -0.488 e. The molecule has 2 aromatic carbocycles. The molecule has 2 aliphatic rings. The van der Waals surface area contributed by atoms with Gasteiger partial charge in [0, 0.05) is 50.6 Å². The molecule has 0 aliphatic carbocycles. The van der Waals surface area contributed by atoms with E-state index in [0.717, 1.165) is 48.5 Å². The third-order valence-corrected chi connectivity index (χ3v) is 9.78. The van der Waals surface area contributed by atoms with E-state index >= 15 is 0 Å². The molecule has 0 amide bonds. The number of para-hydroxylation sites is 1. The van der Waals surface area contributed by atoms with Crippen molar-refractivity contribution in [1.29, 1.82) is 0 Å². The maximum atomic E-state index is 11.8. The van der Waals surface area contributed by atoms with Crippen molar-refractivity contribution in [3.05, 3.63) is 70.4 Å². The minimum absolute atomic E-state index is 0.400. The number of aryl methyl sites for hydroxylation is 1. The number of carbonyl (C=O) groups is 1. The number of carboxylic acids is 1. The summed E-state index contributed by atoms with van der Waals surface area (Å²) in [5.41, 5.74) is 8.31. The van der Waals surface area contributed by atoms with Gasteiger partial charge in [-0.1, -0.05) is 44.5 Å². The molecule has 0 spiro atoms. The first-order valence-corrected chi connectivity index (χ1v) is 16.8. The lowest BCUT2D eigenvalue weighted by molar-refractivity contribution is -0.148. The fourth-order valence-corrected chi connectivity index (χ4v) is 7.18. The SMILES string of the molecule is CCCC(CC)N1CCc2ccc(COc3c(C)cccc3-c3ccnc(N4CC[C@@H](C(=O)O)[C@@H](OCC)C4)n3)c(C)c2CC1. The van der Waals surface area contributed by atoms with Crippen molar-refractivity contribution in [3.8, 4) is 17.0 Å². The molecule has 1 aromatic heterocycles. The van der Waals surface area contributed by atoms with Gasteiger partial charge in [0.05, 0.1) is 17.7 Å². The lowest BCUT2D eigenvalue weighted by Gasteiger charge is -2.36. The number of rotatable bonds is 12. The number of hydrogen-bond donors (Lipinski definition) is 1. The zero-order chi connectivity index (χ0) is 31.9. The molecule has 242 valence electrons. The molecule has 8 heteroatoms. The molecule has 0 saturated carbocycles. The van der Waals surface area contributed by atoms with Crippen LogP contribution in [0.15, 0.2) is 42.6 Å². The molecule has 1 fully saturated rings. The lowest BCUT2D eigenvalue weighted by Crippen LogP contribution is -2.48. The first kappa shape index (κ1) is 32.9. The van der Waals surface area contributed by atoms with Crippen LogP contribution in [0, 0.1) is 19.8 Å². The predicted molar refractivity (Wildman–Crippen MR) is 179 cm³/mol. The van der Waals surface area contributed by atoms with Gasteiger partial charge in [0.15, 0.2) is 0 Å². The Morgan fingerprint density at radius 3 is 2.64 bits per heavy atom. The van der Waals surface area contributed by atoms with Crippen LogP contribution in [0.2, 0.25) is 0 Å². The number of carboxylic acid groups (broad SMARTS) is 1. The molecular weight excluding hydrogens is 564 g/mol. The van der Waals surface area contributed by atoms with Gasteiger partial charge in [-0.05, 0) is 92.8 Å². The molecule has 1 saturated heterocycles.